The molecule has 0 bridgehead atoms. The number of allylic oxidation sites excluding steroid dienone is 1. The van der Waals surface area contributed by atoms with Crippen molar-refractivity contribution in [1.29, 1.82) is 0 Å². The first-order valence-electron chi connectivity index (χ1n) is 11.6. The van der Waals surface area contributed by atoms with Crippen LogP contribution < -0.4 is 4.74 Å². The maximum absolute atomic E-state index is 12.4. The van der Waals surface area contributed by atoms with Crippen LogP contribution in [-0.4, -0.2) is 11.8 Å². The Morgan fingerprint density at radius 2 is 1.45 bits per heavy atom. The summed E-state index contributed by atoms with van der Waals surface area (Å²) in [6.07, 6.45) is 12.0. The van der Waals surface area contributed by atoms with Crippen molar-refractivity contribution in [1.82, 2.24) is 0 Å². The summed E-state index contributed by atoms with van der Waals surface area (Å²) in [5.41, 5.74) is 2.84. The standard InChI is InChI=1S/C28H36O3/c1-4-5-6-7-8-9-10-11-28(30)31-26-19-17-25(18-20-26)27(29)21-14-23-12-15-24(16-13-23)22(2)3/h12-22H,4-11H2,1-3H3. The van der Waals surface area contributed by atoms with Crippen molar-refractivity contribution in [2.45, 2.75) is 78.1 Å². The summed E-state index contributed by atoms with van der Waals surface area (Å²) < 4.78 is 5.39. The van der Waals surface area contributed by atoms with E-state index < -0.39 is 0 Å². The van der Waals surface area contributed by atoms with Crippen LogP contribution in [0.15, 0.2) is 54.6 Å². The van der Waals surface area contributed by atoms with E-state index in [-0.39, 0.29) is 11.8 Å². The normalized spacial score (nSPS) is 11.2. The Balaban J connectivity index is 1.76. The van der Waals surface area contributed by atoms with Crippen LogP contribution in [-0.2, 0) is 4.79 Å². The van der Waals surface area contributed by atoms with Crippen molar-refractivity contribution in [2.24, 2.45) is 0 Å². The molecule has 0 aromatic heterocycles. The zero-order chi connectivity index (χ0) is 22.5. The third kappa shape index (κ3) is 9.33. The highest BCUT2D eigenvalue weighted by Gasteiger charge is 2.07. The molecule has 0 atom stereocenters. The molecule has 166 valence electrons. The maximum Gasteiger partial charge on any atom is 0.311 e. The van der Waals surface area contributed by atoms with Gasteiger partial charge in [0, 0.05) is 12.0 Å². The average Bonchev–Trinajstić information content (AvgIpc) is 2.77. The SMILES string of the molecule is CCCCCCCCCC(=O)Oc1ccc(C(=O)C=Cc2ccc(C(C)C)cc2)cc1. The summed E-state index contributed by atoms with van der Waals surface area (Å²) in [6, 6.07) is 15.0. The van der Waals surface area contributed by atoms with Gasteiger partial charge in [-0.25, -0.2) is 0 Å². The minimum absolute atomic E-state index is 0.0751. The van der Waals surface area contributed by atoms with Gasteiger partial charge in [-0.1, -0.05) is 89.6 Å². The molecule has 0 amide bonds. The largest absolute Gasteiger partial charge is 0.427 e. The molecule has 0 unspecified atom stereocenters. The first-order chi connectivity index (χ1) is 15.0. The Hall–Kier alpha value is -2.68. The summed E-state index contributed by atoms with van der Waals surface area (Å²) in [6.45, 7) is 6.53. The third-order valence-electron chi connectivity index (χ3n) is 5.39. The Kier molecular flexibility index (Phi) is 10.8. The van der Waals surface area contributed by atoms with E-state index in [1.165, 1.54) is 37.7 Å². The Morgan fingerprint density at radius 1 is 0.839 bits per heavy atom. The molecule has 0 aliphatic heterocycles. The molecule has 0 aliphatic carbocycles. The molecule has 0 heterocycles. The molecule has 0 fully saturated rings. The number of hydrogen-bond donors (Lipinski definition) is 0. The number of hydrogen-bond acceptors (Lipinski definition) is 3. The molecular weight excluding hydrogens is 384 g/mol. The highest BCUT2D eigenvalue weighted by Crippen LogP contribution is 2.17. The van der Waals surface area contributed by atoms with Gasteiger partial charge < -0.3 is 4.74 Å². The monoisotopic (exact) mass is 420 g/mol. The fourth-order valence-electron chi connectivity index (χ4n) is 3.36. The van der Waals surface area contributed by atoms with Crippen LogP contribution >= 0.6 is 0 Å². The molecular formula is C28H36O3. The molecule has 2 aromatic rings. The minimum Gasteiger partial charge on any atom is -0.427 e. The van der Waals surface area contributed by atoms with E-state index in [1.54, 1.807) is 30.3 Å². The average molecular weight is 421 g/mol. The number of ether oxygens (including phenoxy) is 1. The number of benzene rings is 2. The van der Waals surface area contributed by atoms with Gasteiger partial charge in [0.25, 0.3) is 0 Å². The van der Waals surface area contributed by atoms with Gasteiger partial charge >= 0.3 is 5.97 Å². The second-order valence-corrected chi connectivity index (χ2v) is 8.39. The van der Waals surface area contributed by atoms with Crippen LogP contribution in [0, 0.1) is 0 Å². The third-order valence-corrected chi connectivity index (χ3v) is 5.39. The van der Waals surface area contributed by atoms with Crippen molar-refractivity contribution in [3.05, 3.63) is 71.3 Å². The molecule has 0 saturated carbocycles. The summed E-state index contributed by atoms with van der Waals surface area (Å²) in [5.74, 6) is 0.687. The fourth-order valence-corrected chi connectivity index (χ4v) is 3.36. The molecule has 2 aromatic carbocycles. The van der Waals surface area contributed by atoms with Crippen molar-refractivity contribution in [3.63, 3.8) is 0 Å². The lowest BCUT2D eigenvalue weighted by Gasteiger charge is -2.05. The molecule has 31 heavy (non-hydrogen) atoms. The molecule has 0 N–H and O–H groups in total. The number of carbonyl (C=O) groups excluding carboxylic acids is 2. The van der Waals surface area contributed by atoms with Gasteiger partial charge in [-0.3, -0.25) is 9.59 Å². The second kappa shape index (κ2) is 13.6. The Bertz CT molecular complexity index is 830. The first-order valence-corrected chi connectivity index (χ1v) is 11.6. The van der Waals surface area contributed by atoms with Crippen molar-refractivity contribution >= 4 is 17.8 Å². The molecule has 0 radical (unpaired) electrons. The highest BCUT2D eigenvalue weighted by atomic mass is 16.5. The lowest BCUT2D eigenvalue weighted by Crippen LogP contribution is -2.07. The smallest absolute Gasteiger partial charge is 0.311 e. The predicted octanol–water partition coefficient (Wildman–Crippen LogP) is 7.75. The van der Waals surface area contributed by atoms with Crippen LogP contribution in [0.1, 0.15) is 99.5 Å². The van der Waals surface area contributed by atoms with Gasteiger partial charge in [-0.2, -0.15) is 0 Å². The van der Waals surface area contributed by atoms with Crippen LogP contribution in [0.25, 0.3) is 6.08 Å². The maximum atomic E-state index is 12.4. The van der Waals surface area contributed by atoms with E-state index in [0.29, 0.717) is 23.7 Å². The molecule has 0 spiro atoms. The molecule has 3 nitrogen and oxygen atoms in total. The van der Waals surface area contributed by atoms with Crippen LogP contribution in [0.5, 0.6) is 5.75 Å². The second-order valence-electron chi connectivity index (χ2n) is 8.39. The van der Waals surface area contributed by atoms with Crippen molar-refractivity contribution in [2.75, 3.05) is 0 Å². The first kappa shape index (κ1) is 24.6. The fraction of sp³-hybridized carbons (Fsp3) is 0.429. The summed E-state index contributed by atoms with van der Waals surface area (Å²) in [7, 11) is 0. The summed E-state index contributed by atoms with van der Waals surface area (Å²) in [5, 5.41) is 0. The van der Waals surface area contributed by atoms with Crippen LogP contribution in [0.3, 0.4) is 0 Å². The van der Waals surface area contributed by atoms with Crippen molar-refractivity contribution < 1.29 is 14.3 Å². The topological polar surface area (TPSA) is 43.4 Å². The van der Waals surface area contributed by atoms with Crippen LogP contribution in [0.4, 0.5) is 0 Å². The number of rotatable bonds is 13. The van der Waals surface area contributed by atoms with Gasteiger partial charge in [0.1, 0.15) is 5.75 Å². The molecule has 2 rings (SSSR count). The van der Waals surface area contributed by atoms with Gasteiger partial charge in [0.2, 0.25) is 0 Å². The zero-order valence-electron chi connectivity index (χ0n) is 19.2. The number of carbonyl (C=O) groups is 2. The van der Waals surface area contributed by atoms with Gasteiger partial charge in [-0.05, 0) is 53.8 Å². The number of esters is 1. The van der Waals surface area contributed by atoms with E-state index in [2.05, 4.69) is 32.9 Å². The summed E-state index contributed by atoms with van der Waals surface area (Å²) >= 11 is 0. The Labute approximate surface area is 187 Å². The molecule has 0 saturated heterocycles. The van der Waals surface area contributed by atoms with E-state index in [4.69, 9.17) is 4.74 Å². The van der Waals surface area contributed by atoms with Crippen molar-refractivity contribution in [3.8, 4) is 5.75 Å². The van der Waals surface area contributed by atoms with Crippen LogP contribution in [0.2, 0.25) is 0 Å². The Morgan fingerprint density at radius 3 is 2.06 bits per heavy atom. The quantitative estimate of drug-likeness (QED) is 0.109. The predicted molar refractivity (Wildman–Crippen MR) is 129 cm³/mol. The van der Waals surface area contributed by atoms with Gasteiger partial charge in [0.15, 0.2) is 5.78 Å². The van der Waals surface area contributed by atoms with Gasteiger partial charge in [0.05, 0.1) is 0 Å². The lowest BCUT2D eigenvalue weighted by molar-refractivity contribution is -0.134. The van der Waals surface area contributed by atoms with Gasteiger partial charge in [-0.15, -0.1) is 0 Å². The highest BCUT2D eigenvalue weighted by molar-refractivity contribution is 6.06. The number of unbranched alkanes of at least 4 members (excludes halogenated alkanes) is 6. The zero-order valence-corrected chi connectivity index (χ0v) is 19.2. The molecule has 0 aliphatic rings. The number of ketones is 1. The minimum atomic E-state index is -0.211. The summed E-state index contributed by atoms with van der Waals surface area (Å²) in [4.78, 5) is 24.4. The van der Waals surface area contributed by atoms with E-state index in [9.17, 15) is 9.59 Å². The molecule has 3 heteroatoms. The lowest BCUT2D eigenvalue weighted by atomic mass is 10.0. The van der Waals surface area contributed by atoms with E-state index in [0.717, 1.165) is 18.4 Å². The van der Waals surface area contributed by atoms with E-state index in [1.807, 2.05) is 18.2 Å². The van der Waals surface area contributed by atoms with E-state index >= 15 is 0 Å².